The van der Waals surface area contributed by atoms with Crippen molar-refractivity contribution in [2.45, 2.75) is 32.4 Å². The van der Waals surface area contributed by atoms with Crippen molar-refractivity contribution in [3.63, 3.8) is 0 Å². The van der Waals surface area contributed by atoms with Gasteiger partial charge in [0.2, 0.25) is 0 Å². The molecule has 1 N–H and O–H groups in total. The Kier molecular flexibility index (Phi) is 7.48. The number of non-ortho nitro benzene ring substituents is 1. The number of nitro groups is 1. The van der Waals surface area contributed by atoms with Crippen LogP contribution in [0.25, 0.3) is 0 Å². The number of carbonyl (C=O) groups excluding carboxylic acids is 3. The van der Waals surface area contributed by atoms with Crippen LogP contribution in [0.5, 0.6) is 0 Å². The van der Waals surface area contributed by atoms with Crippen molar-refractivity contribution in [3.8, 4) is 0 Å². The number of amides is 2. The predicted octanol–water partition coefficient (Wildman–Crippen LogP) is 0.292. The number of likely N-dealkylation sites (N-methyl/N-ethyl adjacent to an activating group) is 1. The summed E-state index contributed by atoms with van der Waals surface area (Å²) in [5.74, 6) is -2.19. The van der Waals surface area contributed by atoms with E-state index in [9.17, 15) is 32.9 Å². The molecule has 0 bridgehead atoms. The first-order valence-corrected chi connectivity index (χ1v) is 11.1. The van der Waals surface area contributed by atoms with Gasteiger partial charge in [0.25, 0.3) is 17.5 Å². The van der Waals surface area contributed by atoms with Gasteiger partial charge in [-0.15, -0.1) is 0 Å². The summed E-state index contributed by atoms with van der Waals surface area (Å²) in [6.45, 7) is 2.74. The molecule has 1 saturated heterocycles. The van der Waals surface area contributed by atoms with Crippen LogP contribution in [0.4, 0.5) is 5.69 Å². The van der Waals surface area contributed by atoms with E-state index in [1.165, 1.54) is 30.0 Å². The minimum atomic E-state index is -3.17. The molecule has 2 amide bonds. The molecular weight excluding hydrogens is 418 g/mol. The largest absolute Gasteiger partial charge is 0.454 e. The number of benzene rings is 1. The molecule has 1 unspecified atom stereocenters. The maximum absolute atomic E-state index is 12.3. The van der Waals surface area contributed by atoms with Crippen molar-refractivity contribution in [3.05, 3.63) is 39.9 Å². The highest BCUT2D eigenvalue weighted by atomic mass is 32.2. The third-order valence-corrected chi connectivity index (χ3v) is 6.42. The third kappa shape index (κ3) is 5.99. The van der Waals surface area contributed by atoms with Crippen LogP contribution in [0.3, 0.4) is 0 Å². The first-order chi connectivity index (χ1) is 14.0. The molecule has 1 aromatic carbocycles. The highest BCUT2D eigenvalue weighted by Gasteiger charge is 2.34. The van der Waals surface area contributed by atoms with Crippen molar-refractivity contribution >= 4 is 33.3 Å². The molecule has 0 aromatic heterocycles. The van der Waals surface area contributed by atoms with E-state index in [4.69, 9.17) is 4.74 Å². The fourth-order valence-electron chi connectivity index (χ4n) is 3.10. The lowest BCUT2D eigenvalue weighted by molar-refractivity contribution is -0.384. The highest BCUT2D eigenvalue weighted by Crippen LogP contribution is 2.18. The summed E-state index contributed by atoms with van der Waals surface area (Å²) in [7, 11) is -3.17. The van der Waals surface area contributed by atoms with Gasteiger partial charge in [-0.2, -0.15) is 0 Å². The standard InChI is InChI=1S/C18H23N3O8S/c1-3-20(15-7-8-30(27,28)11-15)16(22)10-29-18(24)12(2)19-17(23)13-5-4-6-14(9-13)21(25)26/h4-6,9,12,15H,3,7-8,10-11H2,1-2H3,(H,19,23)/t12-,15?/m0/s1. The Morgan fingerprint density at radius 2 is 2.07 bits per heavy atom. The fourth-order valence-corrected chi connectivity index (χ4v) is 4.83. The summed E-state index contributed by atoms with van der Waals surface area (Å²) in [5.41, 5.74) is -0.267. The summed E-state index contributed by atoms with van der Waals surface area (Å²) in [6.07, 6.45) is 0.339. The van der Waals surface area contributed by atoms with E-state index in [2.05, 4.69) is 5.32 Å². The Balaban J connectivity index is 1.89. The van der Waals surface area contributed by atoms with Crippen molar-refractivity contribution in [2.75, 3.05) is 24.7 Å². The number of hydrogen-bond donors (Lipinski definition) is 1. The first kappa shape index (κ1) is 23.3. The van der Waals surface area contributed by atoms with E-state index in [-0.39, 0.29) is 29.3 Å². The molecule has 12 heteroatoms. The summed E-state index contributed by atoms with van der Waals surface area (Å²) in [5, 5.41) is 13.2. The Morgan fingerprint density at radius 3 is 2.63 bits per heavy atom. The number of nitrogens with one attached hydrogen (secondary N) is 1. The van der Waals surface area contributed by atoms with Crippen LogP contribution in [0.15, 0.2) is 24.3 Å². The number of nitrogens with zero attached hydrogens (tertiary/aromatic N) is 2. The van der Waals surface area contributed by atoms with Gasteiger partial charge in [-0.25, -0.2) is 13.2 Å². The van der Waals surface area contributed by atoms with Crippen LogP contribution in [-0.4, -0.2) is 72.8 Å². The van der Waals surface area contributed by atoms with E-state index in [1.807, 2.05) is 0 Å². The van der Waals surface area contributed by atoms with Crippen molar-refractivity contribution in [1.29, 1.82) is 0 Å². The number of hydrogen-bond acceptors (Lipinski definition) is 8. The Hall–Kier alpha value is -3.02. The van der Waals surface area contributed by atoms with Crippen LogP contribution in [-0.2, 0) is 24.2 Å². The zero-order valence-corrected chi connectivity index (χ0v) is 17.4. The minimum absolute atomic E-state index is 0.000438. The zero-order chi connectivity index (χ0) is 22.5. The molecule has 1 aliphatic rings. The van der Waals surface area contributed by atoms with Crippen molar-refractivity contribution < 1.29 is 32.5 Å². The summed E-state index contributed by atoms with van der Waals surface area (Å²) >= 11 is 0. The quantitative estimate of drug-likeness (QED) is 0.343. The van der Waals surface area contributed by atoms with Crippen LogP contribution in [0, 0.1) is 10.1 Å². The molecule has 2 rings (SSSR count). The lowest BCUT2D eigenvalue weighted by Gasteiger charge is -2.26. The van der Waals surface area contributed by atoms with Gasteiger partial charge in [-0.05, 0) is 26.3 Å². The predicted molar refractivity (Wildman–Crippen MR) is 105 cm³/mol. The number of carbonyl (C=O) groups is 3. The van der Waals surface area contributed by atoms with Crippen LogP contribution < -0.4 is 5.32 Å². The molecule has 1 aliphatic heterocycles. The molecule has 1 aromatic rings. The van der Waals surface area contributed by atoms with Gasteiger partial charge in [0, 0.05) is 30.3 Å². The molecule has 0 spiro atoms. The normalized spacial score (nSPS) is 18.3. The molecule has 0 aliphatic carbocycles. The molecule has 30 heavy (non-hydrogen) atoms. The average molecular weight is 441 g/mol. The number of sulfone groups is 1. The maximum atomic E-state index is 12.3. The second kappa shape index (κ2) is 9.65. The highest BCUT2D eigenvalue weighted by molar-refractivity contribution is 7.91. The second-order valence-electron chi connectivity index (χ2n) is 6.85. The van der Waals surface area contributed by atoms with E-state index >= 15 is 0 Å². The monoisotopic (exact) mass is 441 g/mol. The van der Waals surface area contributed by atoms with Crippen LogP contribution in [0.1, 0.15) is 30.6 Å². The van der Waals surface area contributed by atoms with Gasteiger partial charge in [-0.3, -0.25) is 19.7 Å². The number of ether oxygens (including phenoxy) is 1. The third-order valence-electron chi connectivity index (χ3n) is 4.67. The van der Waals surface area contributed by atoms with Gasteiger partial charge >= 0.3 is 5.97 Å². The molecule has 1 heterocycles. The van der Waals surface area contributed by atoms with Crippen LogP contribution >= 0.6 is 0 Å². The molecule has 164 valence electrons. The van der Waals surface area contributed by atoms with Gasteiger partial charge < -0.3 is 15.0 Å². The van der Waals surface area contributed by atoms with E-state index in [1.54, 1.807) is 6.92 Å². The maximum Gasteiger partial charge on any atom is 0.328 e. The Labute approximate surface area is 173 Å². The van der Waals surface area contributed by atoms with E-state index in [0.29, 0.717) is 6.42 Å². The number of esters is 1. The van der Waals surface area contributed by atoms with Gasteiger partial charge in [0.15, 0.2) is 16.4 Å². The first-order valence-electron chi connectivity index (χ1n) is 9.26. The second-order valence-corrected chi connectivity index (χ2v) is 9.08. The number of rotatable bonds is 8. The summed E-state index contributed by atoms with van der Waals surface area (Å²) < 4.78 is 28.2. The lowest BCUT2D eigenvalue weighted by Crippen LogP contribution is -2.45. The Bertz CT molecular complexity index is 947. The lowest BCUT2D eigenvalue weighted by atomic mass is 10.2. The molecule has 2 atom stereocenters. The molecular formula is C18H23N3O8S. The van der Waals surface area contributed by atoms with Crippen LogP contribution in [0.2, 0.25) is 0 Å². The van der Waals surface area contributed by atoms with E-state index in [0.717, 1.165) is 6.07 Å². The topological polar surface area (TPSA) is 153 Å². The van der Waals surface area contributed by atoms with Crippen molar-refractivity contribution in [1.82, 2.24) is 10.2 Å². The smallest absolute Gasteiger partial charge is 0.328 e. The summed E-state index contributed by atoms with van der Waals surface area (Å²) in [6, 6.07) is 3.46. The molecule has 0 radical (unpaired) electrons. The molecule has 1 fully saturated rings. The van der Waals surface area contributed by atoms with Crippen molar-refractivity contribution in [2.24, 2.45) is 0 Å². The zero-order valence-electron chi connectivity index (χ0n) is 16.6. The SMILES string of the molecule is CCN(C(=O)COC(=O)[C@H](C)NC(=O)c1cccc([N+](=O)[O-])c1)C1CCS(=O)(=O)C1. The molecule has 0 saturated carbocycles. The summed E-state index contributed by atoms with van der Waals surface area (Å²) in [4.78, 5) is 48.2. The van der Waals surface area contributed by atoms with E-state index < -0.39 is 51.2 Å². The minimum Gasteiger partial charge on any atom is -0.454 e. The molecule has 11 nitrogen and oxygen atoms in total. The van der Waals surface area contributed by atoms with Gasteiger partial charge in [0.1, 0.15) is 6.04 Å². The number of nitro benzene ring substituents is 1. The average Bonchev–Trinajstić information content (AvgIpc) is 3.05. The Morgan fingerprint density at radius 1 is 1.37 bits per heavy atom. The van der Waals surface area contributed by atoms with Gasteiger partial charge in [-0.1, -0.05) is 6.07 Å². The fraction of sp³-hybridized carbons (Fsp3) is 0.500. The van der Waals surface area contributed by atoms with Gasteiger partial charge in [0.05, 0.1) is 16.4 Å².